The zero-order valence-corrected chi connectivity index (χ0v) is 17.3. The van der Waals surface area contributed by atoms with Crippen LogP contribution in [0.15, 0.2) is 24.3 Å². The average molecular weight is 404 g/mol. The Labute approximate surface area is 170 Å². The Morgan fingerprint density at radius 3 is 2.36 bits per heavy atom. The van der Waals surface area contributed by atoms with E-state index in [0.29, 0.717) is 36.3 Å². The van der Waals surface area contributed by atoms with Crippen molar-refractivity contribution in [3.63, 3.8) is 0 Å². The van der Waals surface area contributed by atoms with Crippen LogP contribution in [-0.4, -0.2) is 59.9 Å². The first-order chi connectivity index (χ1) is 13.4. The maximum atomic E-state index is 13.0. The molecule has 7 heteroatoms. The molecule has 0 spiro atoms. The molecule has 2 aromatic rings. The summed E-state index contributed by atoms with van der Waals surface area (Å²) in [5, 5.41) is 0.734. The number of esters is 1. The molecule has 1 aliphatic heterocycles. The minimum Gasteiger partial charge on any atom is -0.465 e. The van der Waals surface area contributed by atoms with Crippen molar-refractivity contribution in [3.8, 4) is 0 Å². The molecule has 3 rings (SSSR count). The first-order valence-corrected chi connectivity index (χ1v) is 9.88. The van der Waals surface area contributed by atoms with Gasteiger partial charge < -0.3 is 14.6 Å². The predicted molar refractivity (Wildman–Crippen MR) is 109 cm³/mol. The molecule has 1 N–H and O–H groups in total. The van der Waals surface area contributed by atoms with Gasteiger partial charge in [-0.1, -0.05) is 30.7 Å². The van der Waals surface area contributed by atoms with E-state index in [0.717, 1.165) is 30.4 Å². The third-order valence-electron chi connectivity index (χ3n) is 5.26. The van der Waals surface area contributed by atoms with Gasteiger partial charge in [0.25, 0.3) is 5.91 Å². The quantitative estimate of drug-likeness (QED) is 0.778. The van der Waals surface area contributed by atoms with Crippen LogP contribution in [0.3, 0.4) is 0 Å². The van der Waals surface area contributed by atoms with E-state index in [2.05, 4.69) is 9.88 Å². The van der Waals surface area contributed by atoms with E-state index < -0.39 is 5.97 Å². The maximum Gasteiger partial charge on any atom is 0.339 e. The summed E-state index contributed by atoms with van der Waals surface area (Å²) >= 11 is 5.94. The van der Waals surface area contributed by atoms with Crippen LogP contribution in [0.4, 0.5) is 0 Å². The number of nitrogens with one attached hydrogen (secondary N) is 1. The standard InChI is InChI=1S/C21H26ClN3O3/c1-4-17-18(21(27)28-3)14(2)19(23-17)20(26)25-11-9-24(10-12-25)13-15-5-7-16(22)8-6-15/h5-8,23H,4,9-13H2,1-3H3. The van der Waals surface area contributed by atoms with Crippen LogP contribution < -0.4 is 0 Å². The van der Waals surface area contributed by atoms with Gasteiger partial charge in [0.15, 0.2) is 0 Å². The van der Waals surface area contributed by atoms with Gasteiger partial charge in [-0.25, -0.2) is 4.79 Å². The summed E-state index contributed by atoms with van der Waals surface area (Å²) in [7, 11) is 1.36. The summed E-state index contributed by atoms with van der Waals surface area (Å²) in [6.45, 7) is 7.50. The molecule has 0 bridgehead atoms. The van der Waals surface area contributed by atoms with Crippen LogP contribution in [0.25, 0.3) is 0 Å². The molecule has 1 fully saturated rings. The number of carbonyl (C=O) groups excluding carboxylic acids is 2. The van der Waals surface area contributed by atoms with Gasteiger partial charge in [0.1, 0.15) is 5.69 Å². The summed E-state index contributed by atoms with van der Waals surface area (Å²) in [4.78, 5) is 32.4. The minimum atomic E-state index is -0.405. The van der Waals surface area contributed by atoms with Crippen molar-refractivity contribution in [2.75, 3.05) is 33.3 Å². The summed E-state index contributed by atoms with van der Waals surface area (Å²) < 4.78 is 4.88. The summed E-state index contributed by atoms with van der Waals surface area (Å²) in [5.74, 6) is -0.467. The summed E-state index contributed by atoms with van der Waals surface area (Å²) in [6, 6.07) is 7.86. The van der Waals surface area contributed by atoms with Gasteiger partial charge >= 0.3 is 5.97 Å². The molecule has 1 amide bonds. The van der Waals surface area contributed by atoms with E-state index in [4.69, 9.17) is 16.3 Å². The van der Waals surface area contributed by atoms with E-state index in [1.165, 1.54) is 12.7 Å². The smallest absolute Gasteiger partial charge is 0.339 e. The van der Waals surface area contributed by atoms with Crippen molar-refractivity contribution in [2.45, 2.75) is 26.8 Å². The highest BCUT2D eigenvalue weighted by molar-refractivity contribution is 6.30. The van der Waals surface area contributed by atoms with Crippen LogP contribution in [-0.2, 0) is 17.7 Å². The Bertz CT molecular complexity index is 853. The van der Waals surface area contributed by atoms with Crippen molar-refractivity contribution in [2.24, 2.45) is 0 Å². The molecule has 150 valence electrons. The number of rotatable bonds is 5. The van der Waals surface area contributed by atoms with Crippen LogP contribution in [0.2, 0.25) is 5.02 Å². The van der Waals surface area contributed by atoms with Gasteiger partial charge in [0.2, 0.25) is 0 Å². The third kappa shape index (κ3) is 4.23. The van der Waals surface area contributed by atoms with Gasteiger partial charge in [-0.3, -0.25) is 9.69 Å². The van der Waals surface area contributed by atoms with Crippen molar-refractivity contribution in [1.29, 1.82) is 0 Å². The molecule has 0 saturated carbocycles. The van der Waals surface area contributed by atoms with Crippen LogP contribution in [0.1, 0.15) is 44.6 Å². The lowest BCUT2D eigenvalue weighted by atomic mass is 10.1. The molecule has 0 aliphatic carbocycles. The number of aromatic amines is 1. The highest BCUT2D eigenvalue weighted by Crippen LogP contribution is 2.22. The molecule has 1 aromatic heterocycles. The van der Waals surface area contributed by atoms with Gasteiger partial charge in [-0.2, -0.15) is 0 Å². The molecular formula is C21H26ClN3O3. The lowest BCUT2D eigenvalue weighted by molar-refractivity contribution is 0.0599. The van der Waals surface area contributed by atoms with Crippen LogP contribution in [0, 0.1) is 6.92 Å². The number of hydrogen-bond acceptors (Lipinski definition) is 4. The molecule has 0 radical (unpaired) electrons. The normalized spacial score (nSPS) is 14.9. The minimum absolute atomic E-state index is 0.0616. The van der Waals surface area contributed by atoms with E-state index in [1.54, 1.807) is 6.92 Å². The number of H-pyrrole nitrogens is 1. The molecule has 1 saturated heterocycles. The molecule has 6 nitrogen and oxygen atoms in total. The first kappa shape index (κ1) is 20.4. The number of ether oxygens (including phenoxy) is 1. The van der Waals surface area contributed by atoms with Crippen LogP contribution >= 0.6 is 11.6 Å². The Morgan fingerprint density at radius 2 is 1.79 bits per heavy atom. The van der Waals surface area contributed by atoms with Crippen molar-refractivity contribution >= 4 is 23.5 Å². The lowest BCUT2D eigenvalue weighted by Gasteiger charge is -2.34. The zero-order valence-electron chi connectivity index (χ0n) is 16.5. The van der Waals surface area contributed by atoms with E-state index in [-0.39, 0.29) is 5.91 Å². The number of aromatic nitrogens is 1. The molecule has 2 heterocycles. The molecular weight excluding hydrogens is 378 g/mol. The number of carbonyl (C=O) groups is 2. The highest BCUT2D eigenvalue weighted by atomic mass is 35.5. The first-order valence-electron chi connectivity index (χ1n) is 9.50. The fourth-order valence-corrected chi connectivity index (χ4v) is 3.76. The second-order valence-electron chi connectivity index (χ2n) is 7.02. The zero-order chi connectivity index (χ0) is 20.3. The monoisotopic (exact) mass is 403 g/mol. The number of nitrogens with zero attached hydrogens (tertiary/aromatic N) is 2. The second kappa shape index (κ2) is 8.80. The average Bonchev–Trinajstić information content (AvgIpc) is 3.05. The predicted octanol–water partition coefficient (Wildman–Crippen LogP) is 3.28. The summed E-state index contributed by atoms with van der Waals surface area (Å²) in [5.41, 5.74) is 3.59. The fraction of sp³-hybridized carbons (Fsp3) is 0.429. The molecule has 0 atom stereocenters. The number of hydrogen-bond donors (Lipinski definition) is 1. The second-order valence-corrected chi connectivity index (χ2v) is 7.45. The van der Waals surface area contributed by atoms with E-state index >= 15 is 0 Å². The van der Waals surface area contributed by atoms with Crippen LogP contribution in [0.5, 0.6) is 0 Å². The highest BCUT2D eigenvalue weighted by Gasteiger charge is 2.28. The van der Waals surface area contributed by atoms with Crippen molar-refractivity contribution in [3.05, 3.63) is 57.4 Å². The van der Waals surface area contributed by atoms with Gasteiger partial charge in [0, 0.05) is 43.4 Å². The molecule has 0 unspecified atom stereocenters. The molecule has 1 aliphatic rings. The Balaban J connectivity index is 1.66. The third-order valence-corrected chi connectivity index (χ3v) is 5.52. The Morgan fingerprint density at radius 1 is 1.14 bits per heavy atom. The van der Waals surface area contributed by atoms with Crippen molar-refractivity contribution in [1.82, 2.24) is 14.8 Å². The molecule has 1 aromatic carbocycles. The fourth-order valence-electron chi connectivity index (χ4n) is 3.63. The number of piperazine rings is 1. The number of benzene rings is 1. The van der Waals surface area contributed by atoms with E-state index in [9.17, 15) is 9.59 Å². The topological polar surface area (TPSA) is 65.6 Å². The van der Waals surface area contributed by atoms with Gasteiger partial charge in [-0.15, -0.1) is 0 Å². The Hall–Kier alpha value is -2.31. The lowest BCUT2D eigenvalue weighted by Crippen LogP contribution is -2.48. The largest absolute Gasteiger partial charge is 0.465 e. The number of amides is 1. The maximum absolute atomic E-state index is 13.0. The number of methoxy groups -OCH3 is 1. The number of halogens is 1. The van der Waals surface area contributed by atoms with Crippen molar-refractivity contribution < 1.29 is 14.3 Å². The summed E-state index contributed by atoms with van der Waals surface area (Å²) in [6.07, 6.45) is 0.632. The molecule has 28 heavy (non-hydrogen) atoms. The van der Waals surface area contributed by atoms with Gasteiger partial charge in [0.05, 0.1) is 12.7 Å². The Kier molecular flexibility index (Phi) is 6.42. The van der Waals surface area contributed by atoms with E-state index in [1.807, 2.05) is 36.1 Å². The SMILES string of the molecule is CCc1[nH]c(C(=O)N2CCN(Cc3ccc(Cl)cc3)CC2)c(C)c1C(=O)OC. The van der Waals surface area contributed by atoms with Gasteiger partial charge in [-0.05, 0) is 36.6 Å². The number of aryl methyl sites for hydroxylation is 1.